The summed E-state index contributed by atoms with van der Waals surface area (Å²) >= 11 is 6.09. The molecule has 34 heavy (non-hydrogen) atoms. The van der Waals surface area contributed by atoms with Crippen LogP contribution in [0.4, 0.5) is 24.9 Å². The first-order valence-corrected chi connectivity index (χ1v) is 11.3. The number of piperazine rings is 1. The van der Waals surface area contributed by atoms with Crippen molar-refractivity contribution in [1.82, 2.24) is 25.1 Å². The molecule has 3 heterocycles. The molecule has 0 saturated carbocycles. The Morgan fingerprint density at radius 2 is 1.68 bits per heavy atom. The van der Waals surface area contributed by atoms with E-state index in [1.807, 2.05) is 24.3 Å². The third kappa shape index (κ3) is 5.64. The Balaban J connectivity index is 1.18. The second-order valence-corrected chi connectivity index (χ2v) is 8.26. The number of halogens is 4. The third-order valence-corrected chi connectivity index (χ3v) is 5.91. The van der Waals surface area contributed by atoms with Crippen molar-refractivity contribution in [2.75, 3.05) is 42.9 Å². The zero-order chi connectivity index (χ0) is 24.1. The quantitative estimate of drug-likeness (QED) is 0.497. The Morgan fingerprint density at radius 1 is 1.00 bits per heavy atom. The van der Waals surface area contributed by atoms with E-state index in [0.29, 0.717) is 56.5 Å². The maximum atomic E-state index is 12.7. The first-order chi connectivity index (χ1) is 16.3. The number of nitrogens with zero attached hydrogens (tertiary/aromatic N) is 6. The van der Waals surface area contributed by atoms with Crippen LogP contribution in [0.2, 0.25) is 5.15 Å². The van der Waals surface area contributed by atoms with Crippen molar-refractivity contribution in [3.8, 4) is 0 Å². The van der Waals surface area contributed by atoms with E-state index in [0.717, 1.165) is 29.6 Å². The van der Waals surface area contributed by atoms with Crippen LogP contribution in [0.5, 0.6) is 0 Å². The number of benzene rings is 1. The summed E-state index contributed by atoms with van der Waals surface area (Å²) in [5.41, 5.74) is -0.879. The van der Waals surface area contributed by atoms with Gasteiger partial charge in [-0.15, -0.1) is 10.2 Å². The molecule has 1 aliphatic rings. The minimum Gasteiger partial charge on any atom is -0.368 e. The lowest BCUT2D eigenvalue weighted by Gasteiger charge is -2.34. The molecule has 0 radical (unpaired) electrons. The zero-order valence-electron chi connectivity index (χ0n) is 18.2. The summed E-state index contributed by atoms with van der Waals surface area (Å²) in [4.78, 5) is 23.7. The van der Waals surface area contributed by atoms with Gasteiger partial charge in [0, 0.05) is 62.3 Å². The van der Waals surface area contributed by atoms with Crippen molar-refractivity contribution in [3.63, 3.8) is 0 Å². The standard InChI is InChI=1S/C22H23ClF3N7O/c23-19-16-5-1-2-6-17(16)20(31-30-19)27-8-4-3-7-18(34)32-9-11-33(12-10-32)21-28-13-15(14-29-21)22(24,25)26/h1-2,5-6,13-14H,3-4,7-12H2,(H,27,31). The minimum atomic E-state index is -4.46. The zero-order valence-corrected chi connectivity index (χ0v) is 19.0. The molecule has 1 saturated heterocycles. The summed E-state index contributed by atoms with van der Waals surface area (Å²) in [5, 5.41) is 13.4. The van der Waals surface area contributed by atoms with Gasteiger partial charge < -0.3 is 15.1 Å². The van der Waals surface area contributed by atoms with Gasteiger partial charge >= 0.3 is 6.18 Å². The Labute approximate surface area is 199 Å². The maximum Gasteiger partial charge on any atom is 0.419 e. The van der Waals surface area contributed by atoms with Crippen molar-refractivity contribution in [2.45, 2.75) is 25.4 Å². The van der Waals surface area contributed by atoms with Crippen LogP contribution in [-0.4, -0.2) is 63.7 Å². The highest BCUT2D eigenvalue weighted by Gasteiger charge is 2.32. The average Bonchev–Trinajstić information content (AvgIpc) is 2.85. The molecule has 1 aromatic carbocycles. The van der Waals surface area contributed by atoms with Gasteiger partial charge in [-0.25, -0.2) is 9.97 Å². The molecule has 0 aliphatic carbocycles. The van der Waals surface area contributed by atoms with Gasteiger partial charge in [0.05, 0.1) is 5.56 Å². The summed E-state index contributed by atoms with van der Waals surface area (Å²) in [7, 11) is 0. The van der Waals surface area contributed by atoms with E-state index in [4.69, 9.17) is 11.6 Å². The van der Waals surface area contributed by atoms with Gasteiger partial charge in [0.25, 0.3) is 0 Å². The summed E-state index contributed by atoms with van der Waals surface area (Å²) in [6, 6.07) is 7.62. The molecule has 1 N–H and O–H groups in total. The van der Waals surface area contributed by atoms with Crippen LogP contribution >= 0.6 is 11.6 Å². The molecule has 0 atom stereocenters. The number of alkyl halides is 3. The van der Waals surface area contributed by atoms with E-state index in [9.17, 15) is 18.0 Å². The van der Waals surface area contributed by atoms with Gasteiger partial charge in [-0.05, 0) is 12.8 Å². The van der Waals surface area contributed by atoms with Gasteiger partial charge in [0.15, 0.2) is 11.0 Å². The summed E-state index contributed by atoms with van der Waals surface area (Å²) in [5.74, 6) is 0.960. The van der Waals surface area contributed by atoms with Crippen LogP contribution in [0.15, 0.2) is 36.7 Å². The van der Waals surface area contributed by atoms with Crippen LogP contribution in [0.1, 0.15) is 24.8 Å². The van der Waals surface area contributed by atoms with Gasteiger partial charge in [-0.1, -0.05) is 35.9 Å². The molecular formula is C22H23ClF3N7O. The highest BCUT2D eigenvalue weighted by molar-refractivity contribution is 6.34. The van der Waals surface area contributed by atoms with Crippen molar-refractivity contribution in [2.24, 2.45) is 0 Å². The van der Waals surface area contributed by atoms with Crippen molar-refractivity contribution in [1.29, 1.82) is 0 Å². The van der Waals surface area contributed by atoms with E-state index in [2.05, 4.69) is 25.5 Å². The molecule has 0 spiro atoms. The lowest BCUT2D eigenvalue weighted by atomic mass is 10.2. The van der Waals surface area contributed by atoms with Crippen LogP contribution in [0, 0.1) is 0 Å². The fourth-order valence-electron chi connectivity index (χ4n) is 3.75. The Bertz CT molecular complexity index is 1140. The first kappa shape index (κ1) is 23.9. The molecule has 1 aliphatic heterocycles. The lowest BCUT2D eigenvalue weighted by Crippen LogP contribution is -2.49. The summed E-state index contributed by atoms with van der Waals surface area (Å²) in [6.45, 7) is 2.55. The Morgan fingerprint density at radius 3 is 2.35 bits per heavy atom. The van der Waals surface area contributed by atoms with Crippen molar-refractivity contribution < 1.29 is 18.0 Å². The maximum absolute atomic E-state index is 12.7. The molecule has 180 valence electrons. The number of carbonyl (C=O) groups is 1. The van der Waals surface area contributed by atoms with Crippen LogP contribution in [0.25, 0.3) is 10.8 Å². The fourth-order valence-corrected chi connectivity index (χ4v) is 3.96. The van der Waals surface area contributed by atoms with E-state index < -0.39 is 11.7 Å². The monoisotopic (exact) mass is 493 g/mol. The van der Waals surface area contributed by atoms with Gasteiger partial charge in [0.2, 0.25) is 11.9 Å². The molecule has 8 nitrogen and oxygen atoms in total. The Hall–Kier alpha value is -3.21. The molecular weight excluding hydrogens is 471 g/mol. The van der Waals surface area contributed by atoms with E-state index >= 15 is 0 Å². The number of rotatable bonds is 7. The number of anilines is 2. The average molecular weight is 494 g/mol. The molecule has 4 rings (SSSR count). The van der Waals surface area contributed by atoms with Crippen molar-refractivity contribution in [3.05, 3.63) is 47.4 Å². The molecule has 0 bridgehead atoms. The fraction of sp³-hybridized carbons (Fsp3) is 0.409. The lowest BCUT2D eigenvalue weighted by molar-refractivity contribution is -0.138. The van der Waals surface area contributed by atoms with Crippen LogP contribution in [-0.2, 0) is 11.0 Å². The van der Waals surface area contributed by atoms with E-state index in [1.165, 1.54) is 0 Å². The molecule has 2 aromatic heterocycles. The highest BCUT2D eigenvalue weighted by Crippen LogP contribution is 2.28. The number of hydrogen-bond acceptors (Lipinski definition) is 7. The second kappa shape index (κ2) is 10.4. The summed E-state index contributed by atoms with van der Waals surface area (Å²) < 4.78 is 38.0. The van der Waals surface area contributed by atoms with Gasteiger partial charge in [-0.3, -0.25) is 4.79 Å². The Kier molecular flexibility index (Phi) is 7.30. The predicted octanol–water partition coefficient (Wildman–Crippen LogP) is 4.02. The molecule has 1 amide bonds. The number of amides is 1. The molecule has 3 aromatic rings. The number of hydrogen-bond donors (Lipinski definition) is 1. The highest BCUT2D eigenvalue weighted by atomic mass is 35.5. The van der Waals surface area contributed by atoms with E-state index in [1.54, 1.807) is 9.80 Å². The normalized spacial score (nSPS) is 14.5. The third-order valence-electron chi connectivity index (χ3n) is 5.63. The first-order valence-electron chi connectivity index (χ1n) is 10.9. The summed E-state index contributed by atoms with van der Waals surface area (Å²) in [6.07, 6.45) is -0.976. The van der Waals surface area contributed by atoms with Gasteiger partial charge in [-0.2, -0.15) is 13.2 Å². The topological polar surface area (TPSA) is 87.1 Å². The molecule has 1 fully saturated rings. The van der Waals surface area contributed by atoms with Crippen molar-refractivity contribution >= 4 is 40.0 Å². The number of aromatic nitrogens is 4. The van der Waals surface area contributed by atoms with Crippen LogP contribution in [0.3, 0.4) is 0 Å². The number of carbonyl (C=O) groups excluding carboxylic acids is 1. The number of fused-ring (bicyclic) bond motifs is 1. The minimum absolute atomic E-state index is 0.0599. The second-order valence-electron chi connectivity index (χ2n) is 7.91. The van der Waals surface area contributed by atoms with E-state index in [-0.39, 0.29) is 11.9 Å². The number of unbranched alkanes of at least 4 members (excludes halogenated alkanes) is 1. The predicted molar refractivity (Wildman–Crippen MR) is 123 cm³/mol. The van der Waals surface area contributed by atoms with Gasteiger partial charge in [0.1, 0.15) is 0 Å². The van der Waals surface area contributed by atoms with Crippen LogP contribution < -0.4 is 10.2 Å². The molecule has 0 unspecified atom stereocenters. The largest absolute Gasteiger partial charge is 0.419 e. The smallest absolute Gasteiger partial charge is 0.368 e. The number of nitrogens with one attached hydrogen (secondary N) is 1. The molecule has 12 heteroatoms. The SMILES string of the molecule is O=C(CCCCNc1nnc(Cl)c2ccccc12)N1CCN(c2ncc(C(F)(F)F)cn2)CC1.